The SMILES string of the molecule is C#CC(O)C#CCOCC. The van der Waals surface area contributed by atoms with Crippen molar-refractivity contribution in [2.45, 2.75) is 13.0 Å². The van der Waals surface area contributed by atoms with E-state index in [4.69, 9.17) is 16.3 Å². The lowest BCUT2D eigenvalue weighted by molar-refractivity contribution is 0.182. The van der Waals surface area contributed by atoms with Gasteiger partial charge in [-0.2, -0.15) is 0 Å². The molecule has 0 saturated heterocycles. The smallest absolute Gasteiger partial charge is 0.176 e. The van der Waals surface area contributed by atoms with Crippen LogP contribution in [0.1, 0.15) is 6.92 Å². The summed E-state index contributed by atoms with van der Waals surface area (Å²) in [6, 6.07) is 0. The molecule has 0 aliphatic carbocycles. The summed E-state index contributed by atoms with van der Waals surface area (Å²) < 4.78 is 4.88. The zero-order chi connectivity index (χ0) is 7.82. The van der Waals surface area contributed by atoms with Crippen LogP contribution in [0, 0.1) is 24.2 Å². The third kappa shape index (κ3) is 5.18. The summed E-state index contributed by atoms with van der Waals surface area (Å²) in [5.41, 5.74) is 0. The van der Waals surface area contributed by atoms with E-state index in [-0.39, 0.29) is 0 Å². The van der Waals surface area contributed by atoms with Crippen molar-refractivity contribution >= 4 is 0 Å². The van der Waals surface area contributed by atoms with Crippen LogP contribution in [0.15, 0.2) is 0 Å². The fraction of sp³-hybridized carbons (Fsp3) is 0.500. The first-order valence-electron chi connectivity index (χ1n) is 3.01. The van der Waals surface area contributed by atoms with Crippen LogP contribution in [-0.4, -0.2) is 24.4 Å². The number of hydrogen-bond donors (Lipinski definition) is 1. The van der Waals surface area contributed by atoms with Gasteiger partial charge < -0.3 is 9.84 Å². The zero-order valence-electron chi connectivity index (χ0n) is 5.92. The van der Waals surface area contributed by atoms with Gasteiger partial charge in [0, 0.05) is 6.61 Å². The Hall–Kier alpha value is -0.960. The Labute approximate surface area is 61.2 Å². The molecule has 2 nitrogen and oxygen atoms in total. The van der Waals surface area contributed by atoms with Gasteiger partial charge in [-0.1, -0.05) is 17.8 Å². The lowest BCUT2D eigenvalue weighted by Gasteiger charge is -1.90. The Morgan fingerprint density at radius 1 is 1.70 bits per heavy atom. The Balaban J connectivity index is 3.41. The molecule has 0 aromatic carbocycles. The first-order valence-corrected chi connectivity index (χ1v) is 3.01. The topological polar surface area (TPSA) is 29.5 Å². The van der Waals surface area contributed by atoms with Gasteiger partial charge >= 0.3 is 0 Å². The highest BCUT2D eigenvalue weighted by Crippen LogP contribution is 1.74. The Morgan fingerprint density at radius 3 is 2.90 bits per heavy atom. The van der Waals surface area contributed by atoms with E-state index in [1.54, 1.807) is 0 Å². The summed E-state index contributed by atoms with van der Waals surface area (Å²) in [7, 11) is 0. The van der Waals surface area contributed by atoms with Crippen molar-refractivity contribution < 1.29 is 9.84 Å². The molecule has 0 saturated carbocycles. The first-order chi connectivity index (χ1) is 4.81. The van der Waals surface area contributed by atoms with Crippen molar-refractivity contribution in [2.24, 2.45) is 0 Å². The van der Waals surface area contributed by atoms with Gasteiger partial charge in [-0.15, -0.1) is 6.42 Å². The molecule has 0 aliphatic heterocycles. The second-order valence-electron chi connectivity index (χ2n) is 1.53. The van der Waals surface area contributed by atoms with Crippen molar-refractivity contribution in [2.75, 3.05) is 13.2 Å². The minimum Gasteiger partial charge on any atom is -0.369 e. The molecule has 0 aromatic rings. The molecule has 0 bridgehead atoms. The van der Waals surface area contributed by atoms with Crippen LogP contribution in [-0.2, 0) is 4.74 Å². The molecule has 0 spiro atoms. The average molecular weight is 138 g/mol. The van der Waals surface area contributed by atoms with Crippen molar-refractivity contribution in [3.63, 3.8) is 0 Å². The molecule has 0 rings (SSSR count). The summed E-state index contributed by atoms with van der Waals surface area (Å²) in [5.74, 6) is 7.05. The van der Waals surface area contributed by atoms with E-state index in [1.165, 1.54) is 0 Å². The van der Waals surface area contributed by atoms with E-state index in [1.807, 2.05) is 6.92 Å². The standard InChI is InChI=1S/C8H10O2/c1-3-8(9)6-5-7-10-4-2/h1,8-9H,4,7H2,2H3. The van der Waals surface area contributed by atoms with E-state index in [0.29, 0.717) is 13.2 Å². The Kier molecular flexibility index (Phi) is 5.57. The Morgan fingerprint density at radius 2 is 2.40 bits per heavy atom. The van der Waals surface area contributed by atoms with Gasteiger partial charge in [0.2, 0.25) is 0 Å². The van der Waals surface area contributed by atoms with E-state index in [2.05, 4.69) is 17.8 Å². The van der Waals surface area contributed by atoms with E-state index in [0.717, 1.165) is 0 Å². The van der Waals surface area contributed by atoms with Gasteiger partial charge in [0.05, 0.1) is 0 Å². The second kappa shape index (κ2) is 6.16. The molecule has 0 fully saturated rings. The van der Waals surface area contributed by atoms with E-state index < -0.39 is 6.10 Å². The molecule has 0 heterocycles. The van der Waals surface area contributed by atoms with Gasteiger partial charge in [0.15, 0.2) is 6.10 Å². The molecule has 1 unspecified atom stereocenters. The number of aliphatic hydroxyl groups excluding tert-OH is 1. The van der Waals surface area contributed by atoms with Crippen LogP contribution >= 0.6 is 0 Å². The molecule has 0 aromatic heterocycles. The maximum Gasteiger partial charge on any atom is 0.176 e. The van der Waals surface area contributed by atoms with Gasteiger partial charge in [0.1, 0.15) is 6.61 Å². The zero-order valence-corrected chi connectivity index (χ0v) is 5.92. The average Bonchev–Trinajstić information content (AvgIpc) is 1.98. The predicted octanol–water partition coefficient (Wildman–Crippen LogP) is 0.0204. The quantitative estimate of drug-likeness (QED) is 0.430. The molecular weight excluding hydrogens is 128 g/mol. The molecular formula is C8H10O2. The predicted molar refractivity (Wildman–Crippen MR) is 39.1 cm³/mol. The van der Waals surface area contributed by atoms with Crippen LogP contribution in [0.2, 0.25) is 0 Å². The molecule has 2 heteroatoms. The van der Waals surface area contributed by atoms with Crippen molar-refractivity contribution in [3.05, 3.63) is 0 Å². The van der Waals surface area contributed by atoms with Crippen LogP contribution in [0.25, 0.3) is 0 Å². The number of ether oxygens (including phenoxy) is 1. The van der Waals surface area contributed by atoms with Crippen LogP contribution in [0.5, 0.6) is 0 Å². The fourth-order valence-electron chi connectivity index (χ4n) is 0.333. The molecule has 1 atom stereocenters. The number of rotatable bonds is 2. The highest BCUT2D eigenvalue weighted by Gasteiger charge is 1.85. The monoisotopic (exact) mass is 138 g/mol. The summed E-state index contributed by atoms with van der Waals surface area (Å²) in [6.07, 6.45) is 3.89. The van der Waals surface area contributed by atoms with Gasteiger partial charge in [-0.25, -0.2) is 0 Å². The first kappa shape index (κ1) is 9.04. The van der Waals surface area contributed by atoms with Crippen LogP contribution < -0.4 is 0 Å². The summed E-state index contributed by atoms with van der Waals surface area (Å²) in [5, 5.41) is 8.69. The summed E-state index contributed by atoms with van der Waals surface area (Å²) >= 11 is 0. The lowest BCUT2D eigenvalue weighted by Crippen LogP contribution is -1.98. The maximum absolute atomic E-state index is 8.69. The van der Waals surface area contributed by atoms with Crippen molar-refractivity contribution in [1.82, 2.24) is 0 Å². The van der Waals surface area contributed by atoms with E-state index in [9.17, 15) is 0 Å². The number of hydrogen-bond acceptors (Lipinski definition) is 2. The number of aliphatic hydroxyl groups is 1. The van der Waals surface area contributed by atoms with Gasteiger partial charge in [-0.05, 0) is 6.92 Å². The third-order valence-electron chi connectivity index (χ3n) is 0.775. The summed E-state index contributed by atoms with van der Waals surface area (Å²) in [4.78, 5) is 0. The largest absolute Gasteiger partial charge is 0.369 e. The molecule has 0 aliphatic rings. The van der Waals surface area contributed by atoms with Crippen molar-refractivity contribution in [3.8, 4) is 24.2 Å². The maximum atomic E-state index is 8.69. The third-order valence-corrected chi connectivity index (χ3v) is 0.775. The van der Waals surface area contributed by atoms with Crippen LogP contribution in [0.4, 0.5) is 0 Å². The van der Waals surface area contributed by atoms with Crippen LogP contribution in [0.3, 0.4) is 0 Å². The summed E-state index contributed by atoms with van der Waals surface area (Å²) in [6.45, 7) is 2.83. The van der Waals surface area contributed by atoms with Gasteiger partial charge in [-0.3, -0.25) is 0 Å². The highest BCUT2D eigenvalue weighted by molar-refractivity contribution is 5.15. The van der Waals surface area contributed by atoms with E-state index >= 15 is 0 Å². The lowest BCUT2D eigenvalue weighted by atomic mass is 10.4. The molecule has 10 heavy (non-hydrogen) atoms. The number of terminal acetylenes is 1. The second-order valence-corrected chi connectivity index (χ2v) is 1.53. The molecule has 0 radical (unpaired) electrons. The minimum absolute atomic E-state index is 0.329. The molecule has 1 N–H and O–H groups in total. The Bertz CT molecular complexity index is 168. The normalized spacial score (nSPS) is 10.9. The molecule has 0 amide bonds. The molecule has 54 valence electrons. The van der Waals surface area contributed by atoms with Crippen molar-refractivity contribution in [1.29, 1.82) is 0 Å². The minimum atomic E-state index is -0.958. The highest BCUT2D eigenvalue weighted by atomic mass is 16.5. The van der Waals surface area contributed by atoms with Gasteiger partial charge in [0.25, 0.3) is 0 Å². The fourth-order valence-corrected chi connectivity index (χ4v) is 0.333.